The van der Waals surface area contributed by atoms with E-state index in [1.165, 1.54) is 38.2 Å². The van der Waals surface area contributed by atoms with Gasteiger partial charge >= 0.3 is 0 Å². The number of benzene rings is 12. The lowest BCUT2D eigenvalue weighted by atomic mass is 9.92. The SMILES string of the molecule is c1cc(-c2ccc(N(c3ccc(-c4ccccc4-c4cccc5oc6ccccc6c45)cc3)c3ccc(-c4cccc5ccccc45)c4oc5ccccc5c34)cc2)cc(-c2ccc3ccccc3c2)c1. The van der Waals surface area contributed by atoms with E-state index in [1.54, 1.807) is 0 Å². The van der Waals surface area contributed by atoms with Crippen molar-refractivity contribution in [3.8, 4) is 55.6 Å². The minimum atomic E-state index is 0.852. The maximum Gasteiger partial charge on any atom is 0.145 e. The van der Waals surface area contributed by atoms with Gasteiger partial charge in [0.1, 0.15) is 22.3 Å². The van der Waals surface area contributed by atoms with Crippen LogP contribution in [0.1, 0.15) is 0 Å². The van der Waals surface area contributed by atoms with E-state index in [2.05, 4.69) is 254 Å². The summed E-state index contributed by atoms with van der Waals surface area (Å²) in [4.78, 5) is 2.39. The van der Waals surface area contributed by atoms with Gasteiger partial charge < -0.3 is 13.7 Å². The van der Waals surface area contributed by atoms with Crippen molar-refractivity contribution in [3.63, 3.8) is 0 Å². The molecule has 2 heterocycles. The van der Waals surface area contributed by atoms with Crippen LogP contribution in [0.25, 0.3) is 121 Å². The fourth-order valence-electron chi connectivity index (χ4n) is 10.9. The van der Waals surface area contributed by atoms with Crippen molar-refractivity contribution in [2.45, 2.75) is 0 Å². The van der Waals surface area contributed by atoms with Crippen LogP contribution >= 0.6 is 0 Å². The third-order valence-electron chi connectivity index (χ3n) is 14.3. The van der Waals surface area contributed by atoms with Gasteiger partial charge in [0.25, 0.3) is 0 Å². The molecule has 14 aromatic rings. The second-order valence-corrected chi connectivity index (χ2v) is 18.4. The molecule has 0 atom stereocenters. The number of hydrogen-bond donors (Lipinski definition) is 0. The number of nitrogens with zero attached hydrogens (tertiary/aromatic N) is 1. The van der Waals surface area contributed by atoms with Crippen LogP contribution in [-0.4, -0.2) is 0 Å². The van der Waals surface area contributed by atoms with Crippen LogP contribution in [0.2, 0.25) is 0 Å². The molecule has 0 fully saturated rings. The molecule has 0 amide bonds. The normalized spacial score (nSPS) is 11.7. The zero-order valence-electron chi connectivity index (χ0n) is 38.6. The molecule has 3 heteroatoms. The number of hydrogen-bond acceptors (Lipinski definition) is 3. The van der Waals surface area contributed by atoms with Gasteiger partial charge in [-0.05, 0) is 138 Å². The Morgan fingerprint density at radius 1 is 0.254 bits per heavy atom. The van der Waals surface area contributed by atoms with Gasteiger partial charge in [-0.1, -0.05) is 194 Å². The fourth-order valence-corrected chi connectivity index (χ4v) is 10.9. The molecule has 0 unspecified atom stereocenters. The Hall–Kier alpha value is -9.44. The van der Waals surface area contributed by atoms with Crippen molar-refractivity contribution in [1.82, 2.24) is 0 Å². The Balaban J connectivity index is 0.921. The average Bonchev–Trinajstić information content (AvgIpc) is 4.03. The highest BCUT2D eigenvalue weighted by molar-refractivity contribution is 6.19. The van der Waals surface area contributed by atoms with Crippen molar-refractivity contribution >= 4 is 82.5 Å². The zero-order valence-corrected chi connectivity index (χ0v) is 38.6. The summed E-state index contributed by atoms with van der Waals surface area (Å²) < 4.78 is 13.3. The minimum absolute atomic E-state index is 0.852. The summed E-state index contributed by atoms with van der Waals surface area (Å²) in [5, 5.41) is 9.24. The van der Waals surface area contributed by atoms with Crippen LogP contribution < -0.4 is 4.90 Å². The second kappa shape index (κ2) is 16.7. The fraction of sp³-hybridized carbons (Fsp3) is 0. The molecule has 0 aliphatic carbocycles. The number of fused-ring (bicyclic) bond motifs is 8. The Bertz CT molecular complexity index is 4340. The molecule has 0 radical (unpaired) electrons. The molecule has 0 saturated heterocycles. The van der Waals surface area contributed by atoms with E-state index in [1.807, 2.05) is 12.1 Å². The molecule has 0 N–H and O–H groups in total. The maximum absolute atomic E-state index is 6.95. The van der Waals surface area contributed by atoms with Gasteiger partial charge in [-0.15, -0.1) is 0 Å². The number of para-hydroxylation sites is 2. The third-order valence-corrected chi connectivity index (χ3v) is 14.3. The van der Waals surface area contributed by atoms with Crippen LogP contribution in [0.4, 0.5) is 17.1 Å². The smallest absolute Gasteiger partial charge is 0.145 e. The summed E-state index contributed by atoms with van der Waals surface area (Å²) in [5.41, 5.74) is 18.1. The van der Waals surface area contributed by atoms with Crippen LogP contribution in [0.5, 0.6) is 0 Å². The molecule has 332 valence electrons. The van der Waals surface area contributed by atoms with E-state index in [0.29, 0.717) is 0 Å². The van der Waals surface area contributed by atoms with Gasteiger partial charge in [0.05, 0.1) is 11.1 Å². The highest BCUT2D eigenvalue weighted by Crippen LogP contribution is 2.48. The van der Waals surface area contributed by atoms with Crippen molar-refractivity contribution in [1.29, 1.82) is 0 Å². The largest absolute Gasteiger partial charge is 0.456 e. The molecule has 2 aromatic heterocycles. The lowest BCUT2D eigenvalue weighted by molar-refractivity contribution is 0.669. The monoisotopic (exact) mass is 905 g/mol. The van der Waals surface area contributed by atoms with Crippen LogP contribution in [0.15, 0.2) is 270 Å². The summed E-state index contributed by atoms with van der Waals surface area (Å²) in [7, 11) is 0. The Morgan fingerprint density at radius 3 is 1.56 bits per heavy atom. The Morgan fingerprint density at radius 2 is 0.775 bits per heavy atom. The second-order valence-electron chi connectivity index (χ2n) is 18.4. The molecule has 14 rings (SSSR count). The maximum atomic E-state index is 6.95. The molecule has 71 heavy (non-hydrogen) atoms. The zero-order chi connectivity index (χ0) is 46.8. The van der Waals surface area contributed by atoms with E-state index in [0.717, 1.165) is 99.9 Å². The van der Waals surface area contributed by atoms with Crippen molar-refractivity contribution in [2.75, 3.05) is 4.90 Å². The standard InChI is InChI=1S/C68H43NO2/c1-2-16-48-43-51(31-30-44(48)14-1)50-19-11-18-49(42-50)45-32-36-52(37-33-45)69(62-41-40-59(57-25-12-17-46-15-3-4-20-54(46)57)68-67(62)61-24-8-10-28-64(61)71-68)53-38-34-47(35-39-53)55-21-5-6-22-56(55)58-26-13-29-65-66(58)60-23-7-9-27-63(60)70-65/h1-43H. The highest BCUT2D eigenvalue weighted by Gasteiger charge is 2.24. The van der Waals surface area contributed by atoms with Crippen LogP contribution in [-0.2, 0) is 0 Å². The molecular weight excluding hydrogens is 863 g/mol. The lowest BCUT2D eigenvalue weighted by Crippen LogP contribution is -2.10. The molecule has 0 aliphatic heterocycles. The molecule has 0 aliphatic rings. The van der Waals surface area contributed by atoms with E-state index in [9.17, 15) is 0 Å². The predicted molar refractivity (Wildman–Crippen MR) is 298 cm³/mol. The first-order valence-corrected chi connectivity index (χ1v) is 24.2. The molecule has 12 aromatic carbocycles. The number of anilines is 3. The van der Waals surface area contributed by atoms with Crippen molar-refractivity contribution in [2.24, 2.45) is 0 Å². The van der Waals surface area contributed by atoms with Gasteiger partial charge in [-0.25, -0.2) is 0 Å². The van der Waals surface area contributed by atoms with Gasteiger partial charge in [0.15, 0.2) is 0 Å². The quantitative estimate of drug-likeness (QED) is 0.152. The van der Waals surface area contributed by atoms with Crippen LogP contribution in [0.3, 0.4) is 0 Å². The van der Waals surface area contributed by atoms with Gasteiger partial charge in [0.2, 0.25) is 0 Å². The molecule has 3 nitrogen and oxygen atoms in total. The summed E-state index contributed by atoms with van der Waals surface area (Å²) in [6.45, 7) is 0. The van der Waals surface area contributed by atoms with Gasteiger partial charge in [-0.3, -0.25) is 0 Å². The van der Waals surface area contributed by atoms with E-state index in [-0.39, 0.29) is 0 Å². The number of furan rings is 2. The Kier molecular flexibility index (Phi) is 9.53. The van der Waals surface area contributed by atoms with Crippen LogP contribution in [0, 0.1) is 0 Å². The van der Waals surface area contributed by atoms with Crippen molar-refractivity contribution < 1.29 is 8.83 Å². The number of rotatable bonds is 8. The molecule has 0 saturated carbocycles. The molecule has 0 bridgehead atoms. The predicted octanol–water partition coefficient (Wildman–Crippen LogP) is 19.6. The molecular formula is C68H43NO2. The first-order valence-electron chi connectivity index (χ1n) is 24.2. The van der Waals surface area contributed by atoms with Gasteiger partial charge in [0, 0.05) is 33.1 Å². The van der Waals surface area contributed by atoms with E-state index >= 15 is 0 Å². The van der Waals surface area contributed by atoms with Gasteiger partial charge in [-0.2, -0.15) is 0 Å². The topological polar surface area (TPSA) is 29.5 Å². The highest BCUT2D eigenvalue weighted by atomic mass is 16.3. The average molecular weight is 906 g/mol. The van der Waals surface area contributed by atoms with E-state index in [4.69, 9.17) is 8.83 Å². The third kappa shape index (κ3) is 6.89. The van der Waals surface area contributed by atoms with Crippen molar-refractivity contribution in [3.05, 3.63) is 261 Å². The molecule has 0 spiro atoms. The summed E-state index contributed by atoms with van der Waals surface area (Å²) in [5.74, 6) is 0. The minimum Gasteiger partial charge on any atom is -0.456 e. The summed E-state index contributed by atoms with van der Waals surface area (Å²) in [6.07, 6.45) is 0. The summed E-state index contributed by atoms with van der Waals surface area (Å²) in [6, 6.07) is 93.6. The lowest BCUT2D eigenvalue weighted by Gasteiger charge is -2.27. The van der Waals surface area contributed by atoms with E-state index < -0.39 is 0 Å². The first kappa shape index (κ1) is 40.6. The Labute approximate surface area is 410 Å². The summed E-state index contributed by atoms with van der Waals surface area (Å²) >= 11 is 0. The first-order chi connectivity index (χ1) is 35.2.